The van der Waals surface area contributed by atoms with Gasteiger partial charge in [-0.2, -0.15) is 0 Å². The predicted octanol–water partition coefficient (Wildman–Crippen LogP) is 4.06. The van der Waals surface area contributed by atoms with Gasteiger partial charge in [0.15, 0.2) is 5.65 Å². The maximum Gasteiger partial charge on any atom is 0.150 e. The summed E-state index contributed by atoms with van der Waals surface area (Å²) in [6.07, 6.45) is 3.66. The van der Waals surface area contributed by atoms with Gasteiger partial charge in [0.05, 0.1) is 18.6 Å². The van der Waals surface area contributed by atoms with Gasteiger partial charge in [-0.05, 0) is 29.8 Å². The van der Waals surface area contributed by atoms with Crippen LogP contribution in [0.25, 0.3) is 27.8 Å². The molecule has 0 saturated carbocycles. The SMILES string of the molecule is Fc1ccc(-n2cc(-c3ccccc3)c3c(N4CCOCC4)ncnc32)cc1. The number of nitrogens with zero attached hydrogens (tertiary/aromatic N) is 4. The number of aromatic nitrogens is 3. The second-order valence-electron chi connectivity index (χ2n) is 6.75. The Hall–Kier alpha value is -3.25. The number of anilines is 1. The molecule has 4 aromatic rings. The van der Waals surface area contributed by atoms with Gasteiger partial charge in [0, 0.05) is 30.5 Å². The quantitative estimate of drug-likeness (QED) is 0.542. The smallest absolute Gasteiger partial charge is 0.150 e. The average molecular weight is 374 g/mol. The molecular weight excluding hydrogens is 355 g/mol. The van der Waals surface area contributed by atoms with E-state index >= 15 is 0 Å². The molecule has 0 radical (unpaired) electrons. The Morgan fingerprint density at radius 3 is 2.39 bits per heavy atom. The molecule has 2 aromatic heterocycles. The van der Waals surface area contributed by atoms with E-state index in [1.807, 2.05) is 22.8 Å². The molecule has 0 bridgehead atoms. The van der Waals surface area contributed by atoms with Crippen LogP contribution in [-0.2, 0) is 4.74 Å². The molecule has 0 N–H and O–H groups in total. The van der Waals surface area contributed by atoms with Crippen LogP contribution >= 0.6 is 0 Å². The van der Waals surface area contributed by atoms with Gasteiger partial charge < -0.3 is 14.2 Å². The van der Waals surface area contributed by atoms with E-state index in [-0.39, 0.29) is 5.82 Å². The highest BCUT2D eigenvalue weighted by Crippen LogP contribution is 2.36. The Bertz CT molecular complexity index is 1100. The zero-order valence-corrected chi connectivity index (χ0v) is 15.3. The van der Waals surface area contributed by atoms with E-state index in [9.17, 15) is 4.39 Å². The summed E-state index contributed by atoms with van der Waals surface area (Å²) >= 11 is 0. The van der Waals surface area contributed by atoms with E-state index in [1.54, 1.807) is 18.5 Å². The number of morpholine rings is 1. The zero-order chi connectivity index (χ0) is 18.9. The number of hydrogen-bond acceptors (Lipinski definition) is 4. The van der Waals surface area contributed by atoms with Crippen LogP contribution in [0.2, 0.25) is 0 Å². The van der Waals surface area contributed by atoms with E-state index in [0.717, 1.165) is 46.8 Å². The summed E-state index contributed by atoms with van der Waals surface area (Å²) in [4.78, 5) is 11.5. The highest BCUT2D eigenvalue weighted by atomic mass is 19.1. The second-order valence-corrected chi connectivity index (χ2v) is 6.75. The van der Waals surface area contributed by atoms with Crippen LogP contribution in [0.4, 0.5) is 10.2 Å². The van der Waals surface area contributed by atoms with Gasteiger partial charge in [-0.1, -0.05) is 30.3 Å². The van der Waals surface area contributed by atoms with Crippen molar-refractivity contribution in [3.8, 4) is 16.8 Å². The zero-order valence-electron chi connectivity index (χ0n) is 15.3. The van der Waals surface area contributed by atoms with Crippen molar-refractivity contribution < 1.29 is 9.13 Å². The molecule has 1 saturated heterocycles. The first-order chi connectivity index (χ1) is 13.8. The summed E-state index contributed by atoms with van der Waals surface area (Å²) in [5, 5.41) is 1.000. The fourth-order valence-corrected chi connectivity index (χ4v) is 3.70. The van der Waals surface area contributed by atoms with Gasteiger partial charge in [-0.25, -0.2) is 14.4 Å². The first-order valence-electron chi connectivity index (χ1n) is 9.31. The van der Waals surface area contributed by atoms with Crippen LogP contribution in [0.15, 0.2) is 67.1 Å². The largest absolute Gasteiger partial charge is 0.378 e. The van der Waals surface area contributed by atoms with Crippen LogP contribution in [0.1, 0.15) is 0 Å². The molecule has 0 unspecified atom stereocenters. The Morgan fingerprint density at radius 2 is 1.64 bits per heavy atom. The van der Waals surface area contributed by atoms with Crippen molar-refractivity contribution in [2.75, 3.05) is 31.2 Å². The number of rotatable bonds is 3. The minimum atomic E-state index is -0.257. The van der Waals surface area contributed by atoms with Crippen molar-refractivity contribution in [2.45, 2.75) is 0 Å². The molecule has 0 amide bonds. The highest BCUT2D eigenvalue weighted by Gasteiger charge is 2.22. The van der Waals surface area contributed by atoms with Crippen LogP contribution in [0.3, 0.4) is 0 Å². The van der Waals surface area contributed by atoms with E-state index in [0.29, 0.717) is 13.2 Å². The standard InChI is InChI=1S/C22H19FN4O/c23-17-6-8-18(9-7-17)27-14-19(16-4-2-1-3-5-16)20-21(24-15-25-22(20)27)26-10-12-28-13-11-26/h1-9,14-15H,10-13H2. The fraction of sp³-hybridized carbons (Fsp3) is 0.182. The molecule has 5 nitrogen and oxygen atoms in total. The minimum Gasteiger partial charge on any atom is -0.378 e. The first-order valence-corrected chi connectivity index (χ1v) is 9.31. The normalized spacial score (nSPS) is 14.5. The van der Waals surface area contributed by atoms with Crippen molar-refractivity contribution in [1.29, 1.82) is 0 Å². The van der Waals surface area contributed by atoms with E-state index in [1.165, 1.54) is 12.1 Å². The van der Waals surface area contributed by atoms with E-state index < -0.39 is 0 Å². The highest BCUT2D eigenvalue weighted by molar-refractivity contribution is 6.02. The van der Waals surface area contributed by atoms with E-state index in [2.05, 4.69) is 33.2 Å². The third-order valence-corrected chi connectivity index (χ3v) is 5.06. The van der Waals surface area contributed by atoms with Crippen LogP contribution in [0.5, 0.6) is 0 Å². The predicted molar refractivity (Wildman–Crippen MR) is 107 cm³/mol. The molecule has 5 rings (SSSR count). The number of fused-ring (bicyclic) bond motifs is 1. The topological polar surface area (TPSA) is 43.2 Å². The average Bonchev–Trinajstić information content (AvgIpc) is 3.15. The van der Waals surface area contributed by atoms with Gasteiger partial charge >= 0.3 is 0 Å². The summed E-state index contributed by atoms with van der Waals surface area (Å²) in [6, 6.07) is 16.7. The molecule has 1 aliphatic heterocycles. The lowest BCUT2D eigenvalue weighted by Gasteiger charge is -2.28. The minimum absolute atomic E-state index is 0.257. The monoisotopic (exact) mass is 374 g/mol. The summed E-state index contributed by atoms with van der Waals surface area (Å²) in [7, 11) is 0. The Morgan fingerprint density at radius 1 is 0.893 bits per heavy atom. The van der Waals surface area contributed by atoms with Gasteiger partial charge in [-0.3, -0.25) is 0 Å². The first kappa shape index (κ1) is 16.9. The molecule has 140 valence electrons. The summed E-state index contributed by atoms with van der Waals surface area (Å²) < 4.78 is 21.0. The maximum absolute atomic E-state index is 13.4. The molecule has 0 spiro atoms. The number of ether oxygens (including phenoxy) is 1. The lowest BCUT2D eigenvalue weighted by molar-refractivity contribution is 0.122. The van der Waals surface area contributed by atoms with Gasteiger partial charge in [-0.15, -0.1) is 0 Å². The van der Waals surface area contributed by atoms with E-state index in [4.69, 9.17) is 4.74 Å². The number of benzene rings is 2. The van der Waals surface area contributed by atoms with Gasteiger partial charge in [0.2, 0.25) is 0 Å². The van der Waals surface area contributed by atoms with Crippen molar-refractivity contribution in [3.63, 3.8) is 0 Å². The van der Waals surface area contributed by atoms with Crippen molar-refractivity contribution in [1.82, 2.24) is 14.5 Å². The molecule has 0 aliphatic carbocycles. The fourth-order valence-electron chi connectivity index (χ4n) is 3.70. The molecule has 28 heavy (non-hydrogen) atoms. The Kier molecular flexibility index (Phi) is 4.25. The maximum atomic E-state index is 13.4. The Balaban J connectivity index is 1.77. The lowest BCUT2D eigenvalue weighted by atomic mass is 10.1. The van der Waals surface area contributed by atoms with Crippen LogP contribution < -0.4 is 4.90 Å². The van der Waals surface area contributed by atoms with Gasteiger partial charge in [0.1, 0.15) is 18.0 Å². The molecule has 3 heterocycles. The summed E-state index contributed by atoms with van der Waals surface area (Å²) in [5.74, 6) is 0.653. The van der Waals surface area contributed by atoms with Crippen molar-refractivity contribution in [3.05, 3.63) is 72.9 Å². The molecular formula is C22H19FN4O. The van der Waals surface area contributed by atoms with Crippen LogP contribution in [0, 0.1) is 5.82 Å². The van der Waals surface area contributed by atoms with Gasteiger partial charge in [0.25, 0.3) is 0 Å². The third kappa shape index (κ3) is 2.92. The van der Waals surface area contributed by atoms with Crippen molar-refractivity contribution >= 4 is 16.9 Å². The van der Waals surface area contributed by atoms with Crippen LogP contribution in [-0.4, -0.2) is 40.8 Å². The summed E-state index contributed by atoms with van der Waals surface area (Å²) in [5.41, 5.74) is 3.82. The molecule has 2 aromatic carbocycles. The summed E-state index contributed by atoms with van der Waals surface area (Å²) in [6.45, 7) is 2.96. The molecule has 0 atom stereocenters. The molecule has 1 fully saturated rings. The molecule has 6 heteroatoms. The lowest BCUT2D eigenvalue weighted by Crippen LogP contribution is -2.36. The second kappa shape index (κ2) is 7.05. The Labute approximate surface area is 162 Å². The van der Waals surface area contributed by atoms with Crippen molar-refractivity contribution in [2.24, 2.45) is 0 Å². The number of halogens is 1. The third-order valence-electron chi connectivity index (χ3n) is 5.06. The number of hydrogen-bond donors (Lipinski definition) is 0. The molecule has 1 aliphatic rings.